The van der Waals surface area contributed by atoms with Gasteiger partial charge in [-0.25, -0.2) is 0 Å². The third kappa shape index (κ3) is 38.6. The fraction of sp³-hybridized carbons (Fsp3) is 0.940. The second-order valence-electron chi connectivity index (χ2n) is 17.5. The Bertz CT molecular complexity index is 806. The van der Waals surface area contributed by atoms with Gasteiger partial charge in [-0.2, -0.15) is 0 Å². The van der Waals surface area contributed by atoms with Crippen LogP contribution < -0.4 is 5.32 Å². The number of hydrogen-bond acceptors (Lipinski definition) is 5. The van der Waals surface area contributed by atoms with Crippen molar-refractivity contribution in [3.63, 3.8) is 0 Å². The second-order valence-corrected chi connectivity index (χ2v) is 17.5. The highest BCUT2D eigenvalue weighted by molar-refractivity contribution is 5.80. The summed E-state index contributed by atoms with van der Waals surface area (Å²) in [5.74, 6) is -0.591. The van der Waals surface area contributed by atoms with Crippen molar-refractivity contribution < 1.29 is 25.2 Å². The summed E-state index contributed by atoms with van der Waals surface area (Å²) >= 11 is 0. The van der Waals surface area contributed by atoms with Gasteiger partial charge in [0.1, 0.15) is 12.2 Å². The first-order chi connectivity index (χ1) is 27.5. The fourth-order valence-corrected chi connectivity index (χ4v) is 7.99. The third-order valence-electron chi connectivity index (χ3n) is 12.0. The predicted molar refractivity (Wildman–Crippen MR) is 242 cm³/mol. The molecule has 56 heavy (non-hydrogen) atoms. The normalized spacial score (nSPS) is 14.0. The highest BCUT2D eigenvalue weighted by Gasteiger charge is 2.28. The number of allylic oxidation sites excluding steroid dienone is 2. The highest BCUT2D eigenvalue weighted by Crippen LogP contribution is 2.17. The summed E-state index contributed by atoms with van der Waals surface area (Å²) in [6.45, 7) is 4.05. The molecule has 0 aromatic heterocycles. The van der Waals surface area contributed by atoms with Gasteiger partial charge >= 0.3 is 0 Å². The van der Waals surface area contributed by atoms with E-state index < -0.39 is 36.9 Å². The number of unbranched alkanes of at least 4 members (excludes halogenated alkanes) is 35. The Morgan fingerprint density at radius 1 is 0.429 bits per heavy atom. The van der Waals surface area contributed by atoms with Crippen LogP contribution in [0.2, 0.25) is 0 Å². The summed E-state index contributed by atoms with van der Waals surface area (Å²) < 4.78 is 0. The summed E-state index contributed by atoms with van der Waals surface area (Å²) in [6, 6.07) is -0.997. The molecule has 334 valence electrons. The smallest absolute Gasteiger partial charge is 0.249 e. The fourth-order valence-electron chi connectivity index (χ4n) is 7.99. The van der Waals surface area contributed by atoms with Gasteiger partial charge in [-0.05, 0) is 38.5 Å². The predicted octanol–water partition coefficient (Wildman–Crippen LogP) is 13.7. The summed E-state index contributed by atoms with van der Waals surface area (Å²) in [5.41, 5.74) is 0. The molecule has 0 spiro atoms. The van der Waals surface area contributed by atoms with Gasteiger partial charge < -0.3 is 25.7 Å². The summed E-state index contributed by atoms with van der Waals surface area (Å²) in [6.07, 6.45) is 51.4. The number of carbonyl (C=O) groups excluding carboxylic acids is 1. The zero-order valence-corrected chi connectivity index (χ0v) is 37.7. The molecule has 0 aliphatic heterocycles. The molecular formula is C50H99NO5. The van der Waals surface area contributed by atoms with Crippen LogP contribution in [0.3, 0.4) is 0 Å². The molecule has 0 saturated carbocycles. The molecule has 0 saturated heterocycles. The van der Waals surface area contributed by atoms with Crippen molar-refractivity contribution in [2.75, 3.05) is 6.61 Å². The first-order valence-electron chi connectivity index (χ1n) is 25.1. The molecular weight excluding hydrogens is 695 g/mol. The summed E-state index contributed by atoms with van der Waals surface area (Å²) in [4.78, 5) is 12.5. The second kappa shape index (κ2) is 45.1. The lowest BCUT2D eigenvalue weighted by Gasteiger charge is -2.27. The van der Waals surface area contributed by atoms with Crippen molar-refractivity contribution in [3.05, 3.63) is 12.2 Å². The molecule has 0 fully saturated rings. The van der Waals surface area contributed by atoms with E-state index in [-0.39, 0.29) is 0 Å². The number of aliphatic hydroxyl groups is 4. The maximum atomic E-state index is 12.5. The molecule has 4 atom stereocenters. The Morgan fingerprint density at radius 2 is 0.732 bits per heavy atom. The minimum absolute atomic E-state index is 0.367. The zero-order chi connectivity index (χ0) is 41.0. The van der Waals surface area contributed by atoms with Crippen molar-refractivity contribution >= 4 is 5.91 Å². The number of amides is 1. The van der Waals surface area contributed by atoms with Gasteiger partial charge in [0.2, 0.25) is 5.91 Å². The quantitative estimate of drug-likeness (QED) is 0.0311. The largest absolute Gasteiger partial charge is 0.394 e. The Hall–Kier alpha value is -0.950. The average molecular weight is 794 g/mol. The van der Waals surface area contributed by atoms with Crippen molar-refractivity contribution in [1.29, 1.82) is 0 Å². The molecule has 0 aromatic rings. The molecule has 6 nitrogen and oxygen atoms in total. The van der Waals surface area contributed by atoms with Crippen LogP contribution in [0.4, 0.5) is 0 Å². The van der Waals surface area contributed by atoms with E-state index in [0.29, 0.717) is 12.8 Å². The monoisotopic (exact) mass is 794 g/mol. The van der Waals surface area contributed by atoms with Crippen LogP contribution in [0, 0.1) is 0 Å². The lowest BCUT2D eigenvalue weighted by atomic mass is 10.00. The topological polar surface area (TPSA) is 110 Å². The number of aliphatic hydroxyl groups excluding tert-OH is 4. The van der Waals surface area contributed by atoms with Gasteiger partial charge in [-0.1, -0.05) is 244 Å². The molecule has 0 aromatic carbocycles. The molecule has 0 aliphatic rings. The van der Waals surface area contributed by atoms with Gasteiger partial charge in [0.25, 0.3) is 0 Å². The molecule has 0 heterocycles. The Labute approximate surface area is 349 Å². The van der Waals surface area contributed by atoms with Crippen molar-refractivity contribution in [2.45, 2.75) is 295 Å². The first-order valence-corrected chi connectivity index (χ1v) is 25.1. The minimum Gasteiger partial charge on any atom is -0.394 e. The molecule has 4 unspecified atom stereocenters. The van der Waals surface area contributed by atoms with Crippen LogP contribution in [-0.4, -0.2) is 57.3 Å². The molecule has 5 N–H and O–H groups in total. The molecule has 6 heteroatoms. The maximum Gasteiger partial charge on any atom is 0.249 e. The summed E-state index contributed by atoms with van der Waals surface area (Å²) in [7, 11) is 0. The van der Waals surface area contributed by atoms with Gasteiger partial charge in [-0.15, -0.1) is 0 Å². The zero-order valence-electron chi connectivity index (χ0n) is 37.7. The van der Waals surface area contributed by atoms with Crippen LogP contribution in [0.15, 0.2) is 12.2 Å². The van der Waals surface area contributed by atoms with Gasteiger partial charge in [0, 0.05) is 0 Å². The van der Waals surface area contributed by atoms with Crippen molar-refractivity contribution in [2.24, 2.45) is 0 Å². The number of rotatable bonds is 46. The number of carbonyl (C=O) groups is 1. The van der Waals surface area contributed by atoms with E-state index >= 15 is 0 Å². The van der Waals surface area contributed by atoms with Crippen molar-refractivity contribution in [1.82, 2.24) is 5.32 Å². The van der Waals surface area contributed by atoms with E-state index in [1.807, 2.05) is 0 Å². The molecule has 0 aliphatic carbocycles. The Balaban J connectivity index is 3.62. The van der Waals surface area contributed by atoms with Crippen molar-refractivity contribution in [3.8, 4) is 0 Å². The minimum atomic E-state index is -1.28. The van der Waals surface area contributed by atoms with Gasteiger partial charge in [0.05, 0.1) is 18.8 Å². The van der Waals surface area contributed by atoms with E-state index in [1.54, 1.807) is 0 Å². The van der Waals surface area contributed by atoms with Crippen LogP contribution in [-0.2, 0) is 4.79 Å². The van der Waals surface area contributed by atoms with E-state index in [2.05, 4.69) is 31.3 Å². The standard InChI is InChI=1S/C50H99NO5/c1-3-5-7-9-11-13-15-17-18-19-20-21-22-23-24-25-26-27-28-29-30-31-32-34-35-37-39-41-43-47(53)49(55)46(45-52)51-50(56)48(54)44-42-40-38-36-33-16-14-12-10-8-6-4-2/h35,37,46-49,52-55H,3-34,36,38-45H2,1-2H3,(H,51,56)/b37-35+. The maximum absolute atomic E-state index is 12.5. The lowest BCUT2D eigenvalue weighted by molar-refractivity contribution is -0.132. The third-order valence-corrected chi connectivity index (χ3v) is 12.0. The molecule has 0 bridgehead atoms. The Kier molecular flexibility index (Phi) is 44.4. The van der Waals surface area contributed by atoms with E-state index in [0.717, 1.165) is 38.5 Å². The summed E-state index contributed by atoms with van der Waals surface area (Å²) in [5, 5.41) is 43.7. The van der Waals surface area contributed by atoms with E-state index in [1.165, 1.54) is 205 Å². The Morgan fingerprint density at radius 3 is 1.07 bits per heavy atom. The average Bonchev–Trinajstić information content (AvgIpc) is 3.20. The SMILES string of the molecule is CCCCCCCCCCCCCCCCCCCCCCCCC/C=C/CCCC(O)C(O)C(CO)NC(=O)C(O)CCCCCCCCCCCCCC. The van der Waals surface area contributed by atoms with E-state index in [4.69, 9.17) is 0 Å². The van der Waals surface area contributed by atoms with Crippen LogP contribution in [0.25, 0.3) is 0 Å². The first kappa shape index (κ1) is 55.0. The molecule has 0 rings (SSSR count). The van der Waals surface area contributed by atoms with Crippen LogP contribution in [0.1, 0.15) is 271 Å². The number of hydrogen-bond donors (Lipinski definition) is 5. The van der Waals surface area contributed by atoms with Gasteiger partial charge in [-0.3, -0.25) is 4.79 Å². The molecule has 1 amide bonds. The lowest BCUT2D eigenvalue weighted by Crippen LogP contribution is -2.53. The van der Waals surface area contributed by atoms with Crippen LogP contribution in [0.5, 0.6) is 0 Å². The number of nitrogens with one attached hydrogen (secondary N) is 1. The van der Waals surface area contributed by atoms with Crippen LogP contribution >= 0.6 is 0 Å². The highest BCUT2D eigenvalue weighted by atomic mass is 16.3. The van der Waals surface area contributed by atoms with Gasteiger partial charge in [0.15, 0.2) is 0 Å². The molecule has 0 radical (unpaired) electrons. The van der Waals surface area contributed by atoms with E-state index in [9.17, 15) is 25.2 Å².